The van der Waals surface area contributed by atoms with Gasteiger partial charge in [0.1, 0.15) is 23.7 Å². The van der Waals surface area contributed by atoms with Crippen LogP contribution >= 0.6 is 34.9 Å². The second kappa shape index (κ2) is 9.00. The number of hydrogen-bond donors (Lipinski definition) is 3. The number of ether oxygens (including phenoxy) is 1. The highest BCUT2D eigenvalue weighted by Gasteiger charge is 2.54. The van der Waals surface area contributed by atoms with E-state index in [9.17, 15) is 24.3 Å². The summed E-state index contributed by atoms with van der Waals surface area (Å²) in [5, 5.41) is 15.7. The number of β-lactam (4-membered cyclic amide) rings is 1. The fourth-order valence-corrected chi connectivity index (χ4v) is 6.16. The molecule has 1 unspecified atom stereocenters. The van der Waals surface area contributed by atoms with Crippen molar-refractivity contribution in [1.29, 1.82) is 0 Å². The Labute approximate surface area is 194 Å². The first-order chi connectivity index (χ1) is 15.3. The van der Waals surface area contributed by atoms with Crippen LogP contribution < -0.4 is 11.1 Å². The van der Waals surface area contributed by atoms with Gasteiger partial charge in [-0.25, -0.2) is 9.78 Å². The third-order valence-corrected chi connectivity index (χ3v) is 7.74. The molecule has 1 aromatic rings. The summed E-state index contributed by atoms with van der Waals surface area (Å²) in [6.07, 6.45) is 1.83. The van der Waals surface area contributed by atoms with Crippen LogP contribution in [0, 0.1) is 0 Å². The summed E-state index contributed by atoms with van der Waals surface area (Å²) < 4.78 is 4.92. The molecule has 1 saturated heterocycles. The monoisotopic (exact) mass is 494 g/mol. The SMILES string of the molecule is CC(=O)OCC1=C(C(=O)O)N2C(=O)C(NC(=O)/C(=C3\C=CSC3)c3csc(N)n3)[C@@H]2SC1. The second-order valence-electron chi connectivity index (χ2n) is 6.98. The number of amides is 2. The summed E-state index contributed by atoms with van der Waals surface area (Å²) in [4.78, 5) is 54.3. The first kappa shape index (κ1) is 22.4. The van der Waals surface area contributed by atoms with E-state index in [1.165, 1.54) is 41.8 Å². The second-order valence-corrected chi connectivity index (χ2v) is 9.87. The number of carboxylic acid groups (broad SMARTS) is 1. The van der Waals surface area contributed by atoms with Gasteiger partial charge in [-0.3, -0.25) is 19.3 Å². The van der Waals surface area contributed by atoms with Crippen molar-refractivity contribution < 1.29 is 29.0 Å². The number of esters is 1. The molecule has 1 fully saturated rings. The minimum atomic E-state index is -1.29. The highest BCUT2D eigenvalue weighted by molar-refractivity contribution is 8.02. The Morgan fingerprint density at radius 3 is 2.75 bits per heavy atom. The van der Waals surface area contributed by atoms with Crippen LogP contribution in [0.3, 0.4) is 0 Å². The Bertz CT molecular complexity index is 1110. The molecule has 13 heteroatoms. The molecule has 32 heavy (non-hydrogen) atoms. The van der Waals surface area contributed by atoms with Gasteiger partial charge in [0.15, 0.2) is 5.13 Å². The van der Waals surface area contributed by atoms with Gasteiger partial charge in [0, 0.05) is 29.4 Å². The van der Waals surface area contributed by atoms with Crippen LogP contribution in [0.2, 0.25) is 0 Å². The predicted molar refractivity (Wildman–Crippen MR) is 121 cm³/mol. The van der Waals surface area contributed by atoms with Crippen LogP contribution in [0.1, 0.15) is 12.6 Å². The standard InChI is InChI=1S/C19H18N4O6S3/c1-8(24)29-4-10-6-31-17-13(16(26)23(17)14(10)18(27)28)22-15(25)12(9-2-3-30-5-9)11-7-32-19(20)21-11/h2-3,7,13,17H,4-6H2,1H3,(H2,20,21)(H,22,25)(H,27,28)/b12-9+/t13?,17-/m0/s1. The van der Waals surface area contributed by atoms with E-state index >= 15 is 0 Å². The van der Waals surface area contributed by atoms with Gasteiger partial charge >= 0.3 is 11.9 Å². The molecule has 2 amide bonds. The van der Waals surface area contributed by atoms with Crippen LogP contribution in [0.25, 0.3) is 5.57 Å². The Morgan fingerprint density at radius 2 is 2.16 bits per heavy atom. The van der Waals surface area contributed by atoms with Gasteiger partial charge in [0.25, 0.3) is 11.8 Å². The lowest BCUT2D eigenvalue weighted by molar-refractivity contribution is -0.150. The van der Waals surface area contributed by atoms with Gasteiger partial charge in [-0.15, -0.1) is 34.9 Å². The molecule has 4 rings (SSSR count). The van der Waals surface area contributed by atoms with Crippen molar-refractivity contribution in [2.75, 3.05) is 23.8 Å². The zero-order chi connectivity index (χ0) is 23.0. The number of aromatic nitrogens is 1. The van der Waals surface area contributed by atoms with Crippen molar-refractivity contribution >= 4 is 69.3 Å². The van der Waals surface area contributed by atoms with Gasteiger partial charge < -0.3 is 20.9 Å². The topological polar surface area (TPSA) is 152 Å². The number of carbonyl (C=O) groups excluding carboxylic acids is 3. The third-order valence-electron chi connectivity index (χ3n) is 4.92. The molecule has 168 valence electrons. The molecule has 0 bridgehead atoms. The number of hydrogen-bond acceptors (Lipinski definition) is 10. The molecule has 0 radical (unpaired) electrons. The lowest BCUT2D eigenvalue weighted by Gasteiger charge is -2.49. The van der Waals surface area contributed by atoms with E-state index in [0.29, 0.717) is 27.7 Å². The molecular weight excluding hydrogens is 476 g/mol. The zero-order valence-electron chi connectivity index (χ0n) is 16.7. The van der Waals surface area contributed by atoms with Gasteiger partial charge in [0.05, 0.1) is 11.3 Å². The molecule has 1 aromatic heterocycles. The van der Waals surface area contributed by atoms with E-state index in [2.05, 4.69) is 10.3 Å². The first-order valence-electron chi connectivity index (χ1n) is 9.34. The maximum Gasteiger partial charge on any atom is 0.352 e. The van der Waals surface area contributed by atoms with E-state index in [1.807, 2.05) is 11.5 Å². The number of thiazole rings is 1. The van der Waals surface area contributed by atoms with E-state index in [4.69, 9.17) is 10.5 Å². The van der Waals surface area contributed by atoms with Crippen LogP contribution in [0.5, 0.6) is 0 Å². The molecule has 0 aliphatic carbocycles. The lowest BCUT2D eigenvalue weighted by atomic mass is 10.0. The van der Waals surface area contributed by atoms with E-state index < -0.39 is 35.2 Å². The Balaban J connectivity index is 1.55. The van der Waals surface area contributed by atoms with E-state index in [0.717, 1.165) is 10.5 Å². The average molecular weight is 495 g/mol. The Hall–Kier alpha value is -2.77. The smallest absolute Gasteiger partial charge is 0.352 e. The third kappa shape index (κ3) is 4.14. The molecule has 0 spiro atoms. The zero-order valence-corrected chi connectivity index (χ0v) is 19.1. The van der Waals surface area contributed by atoms with Crippen molar-refractivity contribution in [3.05, 3.63) is 39.4 Å². The minimum absolute atomic E-state index is 0.202. The number of nitrogens with two attached hydrogens (primary N) is 1. The van der Waals surface area contributed by atoms with Crippen molar-refractivity contribution in [2.24, 2.45) is 0 Å². The quantitative estimate of drug-likeness (QED) is 0.297. The highest BCUT2D eigenvalue weighted by Crippen LogP contribution is 2.41. The molecule has 3 aliphatic rings. The van der Waals surface area contributed by atoms with Crippen molar-refractivity contribution in [3.63, 3.8) is 0 Å². The molecule has 4 N–H and O–H groups in total. The molecule has 4 heterocycles. The molecule has 3 aliphatic heterocycles. The van der Waals surface area contributed by atoms with Crippen molar-refractivity contribution in [1.82, 2.24) is 15.2 Å². The average Bonchev–Trinajstić information content (AvgIpc) is 3.42. The van der Waals surface area contributed by atoms with E-state index in [-0.39, 0.29) is 18.1 Å². The largest absolute Gasteiger partial charge is 0.477 e. The summed E-state index contributed by atoms with van der Waals surface area (Å²) in [5.74, 6) is -1.99. The Morgan fingerprint density at radius 1 is 1.38 bits per heavy atom. The van der Waals surface area contributed by atoms with Crippen LogP contribution in [-0.2, 0) is 23.9 Å². The van der Waals surface area contributed by atoms with Gasteiger partial charge in [0.2, 0.25) is 0 Å². The van der Waals surface area contributed by atoms with Crippen LogP contribution in [0.15, 0.2) is 33.7 Å². The number of allylic oxidation sites excluding steroid dienone is 1. The number of rotatable bonds is 6. The molecule has 0 aromatic carbocycles. The number of aliphatic carboxylic acids is 1. The van der Waals surface area contributed by atoms with Gasteiger partial charge in [-0.1, -0.05) is 6.08 Å². The van der Waals surface area contributed by atoms with Crippen molar-refractivity contribution in [2.45, 2.75) is 18.3 Å². The number of carboxylic acids is 1. The fourth-order valence-electron chi connectivity index (χ4n) is 3.50. The highest BCUT2D eigenvalue weighted by atomic mass is 32.2. The minimum Gasteiger partial charge on any atom is -0.477 e. The molecule has 10 nitrogen and oxygen atoms in total. The number of nitrogens with one attached hydrogen (secondary N) is 1. The first-order valence-corrected chi connectivity index (χ1v) is 12.3. The number of carbonyl (C=O) groups is 4. The van der Waals surface area contributed by atoms with Crippen LogP contribution in [0.4, 0.5) is 5.13 Å². The normalized spacial score (nSPS) is 23.5. The van der Waals surface area contributed by atoms with Crippen molar-refractivity contribution in [3.8, 4) is 0 Å². The maximum absolute atomic E-state index is 13.2. The number of nitrogen functional groups attached to an aromatic ring is 1. The van der Waals surface area contributed by atoms with E-state index in [1.54, 1.807) is 5.38 Å². The molecule has 0 saturated carbocycles. The fraction of sp³-hybridized carbons (Fsp3) is 0.316. The number of nitrogens with zero attached hydrogens (tertiary/aromatic N) is 2. The molecular formula is C19H18N4O6S3. The summed E-state index contributed by atoms with van der Waals surface area (Å²) >= 11 is 4.05. The summed E-state index contributed by atoms with van der Waals surface area (Å²) in [6, 6.07) is -0.887. The lowest BCUT2D eigenvalue weighted by Crippen LogP contribution is -2.70. The summed E-state index contributed by atoms with van der Waals surface area (Å²) in [7, 11) is 0. The summed E-state index contributed by atoms with van der Waals surface area (Å²) in [5.41, 5.74) is 7.42. The Kier molecular flexibility index (Phi) is 6.31. The van der Waals surface area contributed by atoms with Crippen LogP contribution in [-0.4, -0.2) is 68.3 Å². The number of thioether (sulfide) groups is 2. The predicted octanol–water partition coefficient (Wildman–Crippen LogP) is 1.04. The summed E-state index contributed by atoms with van der Waals surface area (Å²) in [6.45, 7) is 1.02. The van der Waals surface area contributed by atoms with Gasteiger partial charge in [-0.05, 0) is 11.0 Å². The maximum atomic E-state index is 13.2. The number of anilines is 1. The number of fused-ring (bicyclic) bond motifs is 1. The molecule has 2 atom stereocenters. The van der Waals surface area contributed by atoms with Gasteiger partial charge in [-0.2, -0.15) is 0 Å².